The Morgan fingerprint density at radius 3 is 2.43 bits per heavy atom. The average molecular weight is 413 g/mol. The smallest absolute Gasteiger partial charge is 0.408 e. The highest BCUT2D eigenvalue weighted by molar-refractivity contribution is 7.89. The van der Waals surface area contributed by atoms with Gasteiger partial charge in [-0.15, -0.1) is 0 Å². The molecule has 0 unspecified atom stereocenters. The lowest BCUT2D eigenvalue weighted by Crippen LogP contribution is -2.46. The highest BCUT2D eigenvalue weighted by Crippen LogP contribution is 2.38. The van der Waals surface area contributed by atoms with Crippen LogP contribution in [0.15, 0.2) is 18.2 Å². The molecule has 1 saturated carbocycles. The first-order chi connectivity index (χ1) is 12.7. The standard InChI is InChI=1S/C18H27N3O6S/c1-17(2,3)27-16(22)19-18(8-9-18)12-20(4)15-7-6-14(21(23)24)10-13(15)11-28(5,25)26/h6-7,10H,8-9,11-12H2,1-5H3,(H,19,22). The van der Waals surface area contributed by atoms with Crippen LogP contribution in [0.25, 0.3) is 0 Å². The second-order valence-electron chi connectivity index (χ2n) is 8.40. The molecule has 10 heteroatoms. The fourth-order valence-electron chi connectivity index (χ4n) is 2.99. The van der Waals surface area contributed by atoms with E-state index in [9.17, 15) is 23.3 Å². The molecule has 0 bridgehead atoms. The monoisotopic (exact) mass is 413 g/mol. The van der Waals surface area contributed by atoms with Crippen LogP contribution < -0.4 is 10.2 Å². The molecule has 1 N–H and O–H groups in total. The van der Waals surface area contributed by atoms with Gasteiger partial charge in [-0.25, -0.2) is 13.2 Å². The minimum atomic E-state index is -3.38. The summed E-state index contributed by atoms with van der Waals surface area (Å²) in [5.74, 6) is -0.305. The number of ether oxygens (including phenoxy) is 1. The summed E-state index contributed by atoms with van der Waals surface area (Å²) in [5.41, 5.74) is -0.293. The lowest BCUT2D eigenvalue weighted by atomic mass is 10.1. The number of nitro benzene ring substituents is 1. The van der Waals surface area contributed by atoms with Crippen LogP contribution in [0.4, 0.5) is 16.2 Å². The molecule has 1 aromatic carbocycles. The summed E-state index contributed by atoms with van der Waals surface area (Å²) in [6, 6.07) is 4.18. The molecule has 0 saturated heterocycles. The summed E-state index contributed by atoms with van der Waals surface area (Å²) >= 11 is 0. The van der Waals surface area contributed by atoms with E-state index in [4.69, 9.17) is 4.74 Å². The number of carbonyl (C=O) groups is 1. The van der Waals surface area contributed by atoms with Crippen molar-refractivity contribution in [2.45, 2.75) is 50.5 Å². The fraction of sp³-hybridized carbons (Fsp3) is 0.611. The third-order valence-corrected chi connectivity index (χ3v) is 5.10. The van der Waals surface area contributed by atoms with Gasteiger partial charge in [0.1, 0.15) is 5.60 Å². The van der Waals surface area contributed by atoms with E-state index in [1.807, 2.05) is 4.90 Å². The number of hydrogen-bond donors (Lipinski definition) is 1. The molecule has 1 fully saturated rings. The Bertz CT molecular complexity index is 872. The van der Waals surface area contributed by atoms with Gasteiger partial charge in [-0.3, -0.25) is 10.1 Å². The zero-order valence-corrected chi connectivity index (χ0v) is 17.6. The molecule has 1 aliphatic carbocycles. The predicted octanol–water partition coefficient (Wildman–Crippen LogP) is 2.63. The number of hydrogen-bond acceptors (Lipinski definition) is 7. The van der Waals surface area contributed by atoms with Crippen molar-refractivity contribution in [2.24, 2.45) is 0 Å². The van der Waals surface area contributed by atoms with Gasteiger partial charge in [-0.05, 0) is 45.2 Å². The molecule has 9 nitrogen and oxygen atoms in total. The van der Waals surface area contributed by atoms with Crippen molar-refractivity contribution in [2.75, 3.05) is 24.7 Å². The molecule has 1 aliphatic rings. The number of likely N-dealkylation sites (N-methyl/N-ethyl adjacent to an activating group) is 1. The van der Waals surface area contributed by atoms with Crippen LogP contribution in [0, 0.1) is 10.1 Å². The molecule has 2 rings (SSSR count). The number of carbonyl (C=O) groups excluding carboxylic acids is 1. The Labute approximate surface area is 165 Å². The van der Waals surface area contributed by atoms with Crippen molar-refractivity contribution in [3.8, 4) is 0 Å². The first-order valence-electron chi connectivity index (χ1n) is 8.87. The Hall–Kier alpha value is -2.36. The quantitative estimate of drug-likeness (QED) is 0.539. The topological polar surface area (TPSA) is 119 Å². The van der Waals surface area contributed by atoms with Crippen molar-refractivity contribution in [3.63, 3.8) is 0 Å². The van der Waals surface area contributed by atoms with E-state index in [2.05, 4.69) is 5.32 Å². The molecule has 0 spiro atoms. The SMILES string of the molecule is CN(CC1(NC(=O)OC(C)(C)C)CC1)c1ccc([N+](=O)[O-])cc1CS(C)(=O)=O. The fourth-order valence-corrected chi connectivity index (χ4v) is 3.78. The second-order valence-corrected chi connectivity index (χ2v) is 10.5. The van der Waals surface area contributed by atoms with Crippen molar-refractivity contribution < 1.29 is 22.9 Å². The first-order valence-corrected chi connectivity index (χ1v) is 10.9. The van der Waals surface area contributed by atoms with Crippen molar-refractivity contribution in [3.05, 3.63) is 33.9 Å². The molecule has 0 radical (unpaired) electrons. The van der Waals surface area contributed by atoms with E-state index in [1.165, 1.54) is 12.1 Å². The van der Waals surface area contributed by atoms with Crippen LogP contribution in [-0.4, -0.2) is 50.4 Å². The number of non-ortho nitro benzene ring substituents is 1. The normalized spacial score (nSPS) is 15.6. The van der Waals surface area contributed by atoms with Gasteiger partial charge in [0.05, 0.1) is 16.2 Å². The zero-order chi connectivity index (χ0) is 21.3. The molecule has 0 aliphatic heterocycles. The number of nitrogens with zero attached hydrogens (tertiary/aromatic N) is 2. The number of anilines is 1. The summed E-state index contributed by atoms with van der Waals surface area (Å²) in [4.78, 5) is 24.4. The molecular formula is C18H27N3O6S. The maximum absolute atomic E-state index is 12.1. The van der Waals surface area contributed by atoms with Gasteiger partial charge < -0.3 is 15.0 Å². The number of amides is 1. The first kappa shape index (κ1) is 21.9. The van der Waals surface area contributed by atoms with Gasteiger partial charge in [0.2, 0.25) is 0 Å². The Balaban J connectivity index is 2.20. The molecule has 0 atom stereocenters. The molecule has 1 aromatic rings. The van der Waals surface area contributed by atoms with Crippen molar-refractivity contribution in [1.82, 2.24) is 5.32 Å². The van der Waals surface area contributed by atoms with Gasteiger partial charge in [0, 0.05) is 37.7 Å². The predicted molar refractivity (Wildman–Crippen MR) is 106 cm³/mol. The van der Waals surface area contributed by atoms with Crippen LogP contribution in [0.3, 0.4) is 0 Å². The van der Waals surface area contributed by atoms with E-state index < -0.39 is 32.0 Å². The maximum atomic E-state index is 12.1. The number of nitrogens with one attached hydrogen (secondary N) is 1. The van der Waals surface area contributed by atoms with Gasteiger partial charge in [-0.1, -0.05) is 0 Å². The van der Waals surface area contributed by atoms with E-state index in [-0.39, 0.29) is 11.4 Å². The highest BCUT2D eigenvalue weighted by Gasteiger charge is 2.46. The number of benzene rings is 1. The molecule has 0 aromatic heterocycles. The van der Waals surface area contributed by atoms with Gasteiger partial charge in [0.25, 0.3) is 5.69 Å². The molecular weight excluding hydrogens is 386 g/mol. The van der Waals surface area contributed by atoms with Gasteiger partial charge >= 0.3 is 6.09 Å². The highest BCUT2D eigenvalue weighted by atomic mass is 32.2. The molecule has 1 amide bonds. The number of rotatable bonds is 7. The number of nitro groups is 1. The largest absolute Gasteiger partial charge is 0.444 e. The number of sulfone groups is 1. The van der Waals surface area contributed by atoms with Gasteiger partial charge in [-0.2, -0.15) is 0 Å². The van der Waals surface area contributed by atoms with Crippen LogP contribution in [0.2, 0.25) is 0 Å². The summed E-state index contributed by atoms with van der Waals surface area (Å²) in [5, 5.41) is 13.9. The summed E-state index contributed by atoms with van der Waals surface area (Å²) in [6.07, 6.45) is 2.12. The summed E-state index contributed by atoms with van der Waals surface area (Å²) in [7, 11) is -1.61. The van der Waals surface area contributed by atoms with E-state index in [0.717, 1.165) is 19.1 Å². The average Bonchev–Trinajstić information content (AvgIpc) is 3.21. The second kappa shape index (κ2) is 7.57. The Morgan fingerprint density at radius 1 is 1.36 bits per heavy atom. The van der Waals surface area contributed by atoms with Crippen LogP contribution in [-0.2, 0) is 20.3 Å². The van der Waals surface area contributed by atoms with Crippen LogP contribution in [0.1, 0.15) is 39.2 Å². The van der Waals surface area contributed by atoms with E-state index in [0.29, 0.717) is 17.8 Å². The van der Waals surface area contributed by atoms with Crippen LogP contribution in [0.5, 0.6) is 0 Å². The minimum absolute atomic E-state index is 0.163. The molecule has 156 valence electrons. The molecule has 0 heterocycles. The zero-order valence-electron chi connectivity index (χ0n) is 16.8. The summed E-state index contributed by atoms with van der Waals surface area (Å²) < 4.78 is 28.9. The Kier molecular flexibility index (Phi) is 5.93. The summed E-state index contributed by atoms with van der Waals surface area (Å²) in [6.45, 7) is 5.78. The maximum Gasteiger partial charge on any atom is 0.408 e. The number of alkyl carbamates (subject to hydrolysis) is 1. The van der Waals surface area contributed by atoms with Crippen molar-refractivity contribution >= 4 is 27.3 Å². The third kappa shape index (κ3) is 6.36. The lowest BCUT2D eigenvalue weighted by molar-refractivity contribution is -0.384. The van der Waals surface area contributed by atoms with E-state index >= 15 is 0 Å². The van der Waals surface area contributed by atoms with Gasteiger partial charge in [0.15, 0.2) is 9.84 Å². The Morgan fingerprint density at radius 2 is 1.96 bits per heavy atom. The molecule has 28 heavy (non-hydrogen) atoms. The van der Waals surface area contributed by atoms with Crippen molar-refractivity contribution in [1.29, 1.82) is 0 Å². The minimum Gasteiger partial charge on any atom is -0.444 e. The third-order valence-electron chi connectivity index (χ3n) is 4.26. The van der Waals surface area contributed by atoms with Crippen LogP contribution >= 0.6 is 0 Å². The van der Waals surface area contributed by atoms with E-state index in [1.54, 1.807) is 33.9 Å². The lowest BCUT2D eigenvalue weighted by Gasteiger charge is -2.29.